The van der Waals surface area contributed by atoms with Gasteiger partial charge in [0.2, 0.25) is 0 Å². The molecule has 1 aromatic carbocycles. The smallest absolute Gasteiger partial charge is 0.422 e. The molecule has 2 atom stereocenters. The van der Waals surface area contributed by atoms with E-state index in [1.165, 1.54) is 0 Å². The van der Waals surface area contributed by atoms with Gasteiger partial charge in [-0.05, 0) is 44.2 Å². The van der Waals surface area contributed by atoms with Crippen LogP contribution in [0, 0.1) is 5.92 Å². The summed E-state index contributed by atoms with van der Waals surface area (Å²) in [7, 11) is 0. The molecule has 0 amide bonds. The Hall–Kier alpha value is -2.44. The number of carbonyl (C=O) groups excluding carboxylic acids is 1. The van der Waals surface area contributed by atoms with E-state index in [1.54, 1.807) is 6.07 Å². The van der Waals surface area contributed by atoms with Crippen molar-refractivity contribution in [3.05, 3.63) is 46.7 Å². The van der Waals surface area contributed by atoms with Crippen molar-refractivity contribution in [1.29, 1.82) is 0 Å². The zero-order chi connectivity index (χ0) is 22.1. The van der Waals surface area contributed by atoms with Crippen LogP contribution in [0.3, 0.4) is 0 Å². The van der Waals surface area contributed by atoms with Crippen molar-refractivity contribution >= 4 is 5.97 Å². The Morgan fingerprint density at radius 2 is 2.10 bits per heavy atom. The summed E-state index contributed by atoms with van der Waals surface area (Å²) in [4.78, 5) is 12.6. The molecular formula is C23H27F3O4. The molecule has 0 aromatic heterocycles. The molecule has 1 aromatic rings. The Labute approximate surface area is 174 Å². The van der Waals surface area contributed by atoms with Crippen molar-refractivity contribution < 1.29 is 32.5 Å². The van der Waals surface area contributed by atoms with Gasteiger partial charge in [0.1, 0.15) is 22.8 Å². The number of unbranched alkanes of at least 4 members (excludes halogenated alkanes) is 2. The van der Waals surface area contributed by atoms with Crippen LogP contribution in [0.2, 0.25) is 0 Å². The number of halogens is 3. The summed E-state index contributed by atoms with van der Waals surface area (Å²) in [6.07, 6.45) is 2.00. The summed E-state index contributed by atoms with van der Waals surface area (Å²) >= 11 is 0. The highest BCUT2D eigenvalue weighted by Gasteiger charge is 2.39. The molecule has 164 valence electrons. The van der Waals surface area contributed by atoms with Crippen molar-refractivity contribution in [3.8, 4) is 11.5 Å². The van der Waals surface area contributed by atoms with Crippen LogP contribution >= 0.6 is 0 Å². The number of rotatable bonds is 6. The maximum Gasteiger partial charge on any atom is 0.422 e. The lowest BCUT2D eigenvalue weighted by molar-refractivity contribution is -0.161. The van der Waals surface area contributed by atoms with Gasteiger partial charge in [-0.2, -0.15) is 13.2 Å². The lowest BCUT2D eigenvalue weighted by Gasteiger charge is -2.37. The van der Waals surface area contributed by atoms with E-state index in [0.29, 0.717) is 29.1 Å². The molecule has 0 saturated carbocycles. The highest BCUT2D eigenvalue weighted by atomic mass is 19.4. The molecule has 0 fully saturated rings. The highest BCUT2D eigenvalue weighted by molar-refractivity contribution is 5.95. The lowest BCUT2D eigenvalue weighted by atomic mass is 9.73. The standard InChI is InChI=1S/C23H27F3O4/c1-4-5-6-7-15-11-18-20(17-10-13(2)8-9-16(17)14(3)30-18)21(27)19(15)22(28)29-12-23(24,25)26/h10-11,16-17,27H,3-9,12H2,1-2H3. The first-order valence-corrected chi connectivity index (χ1v) is 10.3. The van der Waals surface area contributed by atoms with Crippen molar-refractivity contribution in [2.75, 3.05) is 6.61 Å². The zero-order valence-corrected chi connectivity index (χ0v) is 17.3. The summed E-state index contributed by atoms with van der Waals surface area (Å²) in [6.45, 7) is 6.33. The molecule has 1 heterocycles. The number of fused-ring (bicyclic) bond motifs is 3. The summed E-state index contributed by atoms with van der Waals surface area (Å²) in [6, 6.07) is 1.65. The first-order chi connectivity index (χ1) is 14.1. The van der Waals surface area contributed by atoms with Crippen LogP contribution in [0.5, 0.6) is 11.5 Å². The molecule has 0 saturated heterocycles. The van der Waals surface area contributed by atoms with Crippen LogP contribution in [-0.2, 0) is 11.2 Å². The number of hydrogen-bond acceptors (Lipinski definition) is 4. The Balaban J connectivity index is 2.07. The minimum Gasteiger partial charge on any atom is -0.507 e. The number of allylic oxidation sites excluding steroid dienone is 3. The molecule has 2 aliphatic rings. The molecule has 3 rings (SSSR count). The molecule has 7 heteroatoms. The highest BCUT2D eigenvalue weighted by Crippen LogP contribution is 2.52. The van der Waals surface area contributed by atoms with Crippen LogP contribution < -0.4 is 4.74 Å². The minimum atomic E-state index is -4.64. The third kappa shape index (κ3) is 4.65. The molecule has 30 heavy (non-hydrogen) atoms. The second-order valence-corrected chi connectivity index (χ2v) is 8.07. The van der Waals surface area contributed by atoms with Gasteiger partial charge < -0.3 is 14.6 Å². The summed E-state index contributed by atoms with van der Waals surface area (Å²) in [5.74, 6) is -0.812. The van der Waals surface area contributed by atoms with Gasteiger partial charge in [0.05, 0.1) is 0 Å². The van der Waals surface area contributed by atoms with E-state index in [0.717, 1.165) is 37.7 Å². The third-order valence-corrected chi connectivity index (χ3v) is 5.74. The van der Waals surface area contributed by atoms with Crippen molar-refractivity contribution in [3.63, 3.8) is 0 Å². The topological polar surface area (TPSA) is 55.8 Å². The van der Waals surface area contributed by atoms with Gasteiger partial charge in [0.15, 0.2) is 6.61 Å². The predicted octanol–water partition coefficient (Wildman–Crippen LogP) is 6.19. The average molecular weight is 424 g/mol. The first kappa shape index (κ1) is 22.2. The van der Waals surface area contributed by atoms with E-state index in [9.17, 15) is 23.1 Å². The molecule has 1 aliphatic heterocycles. The van der Waals surface area contributed by atoms with Gasteiger partial charge in [0, 0.05) is 17.4 Å². The molecule has 1 N–H and O–H groups in total. The van der Waals surface area contributed by atoms with Gasteiger partial charge in [-0.15, -0.1) is 0 Å². The fourth-order valence-electron chi connectivity index (χ4n) is 4.26. The summed E-state index contributed by atoms with van der Waals surface area (Å²) in [5, 5.41) is 11.1. The van der Waals surface area contributed by atoms with Gasteiger partial charge >= 0.3 is 12.1 Å². The molecule has 0 bridgehead atoms. The number of hydrogen-bond donors (Lipinski definition) is 1. The lowest BCUT2D eigenvalue weighted by Crippen LogP contribution is -2.27. The van der Waals surface area contributed by atoms with Crippen LogP contribution in [0.1, 0.15) is 73.4 Å². The minimum absolute atomic E-state index is 0.0583. The van der Waals surface area contributed by atoms with E-state index in [4.69, 9.17) is 4.74 Å². The van der Waals surface area contributed by atoms with Crippen LogP contribution in [0.25, 0.3) is 0 Å². The zero-order valence-electron chi connectivity index (χ0n) is 17.3. The van der Waals surface area contributed by atoms with Crippen molar-refractivity contribution in [2.24, 2.45) is 5.92 Å². The number of phenolic OH excluding ortho intramolecular Hbond substituents is 1. The molecule has 2 unspecified atom stereocenters. The van der Waals surface area contributed by atoms with Crippen LogP contribution in [0.15, 0.2) is 30.1 Å². The Bertz CT molecular complexity index is 870. The quantitative estimate of drug-likeness (QED) is 0.336. The second-order valence-electron chi connectivity index (χ2n) is 8.07. The summed E-state index contributed by atoms with van der Waals surface area (Å²) in [5.41, 5.74) is 1.80. The largest absolute Gasteiger partial charge is 0.507 e. The normalized spacial score (nSPS) is 20.7. The molecule has 0 radical (unpaired) electrons. The number of carbonyl (C=O) groups is 1. The summed E-state index contributed by atoms with van der Waals surface area (Å²) < 4.78 is 48.1. The maximum absolute atomic E-state index is 12.6. The van der Waals surface area contributed by atoms with E-state index in [-0.39, 0.29) is 23.1 Å². The third-order valence-electron chi connectivity index (χ3n) is 5.74. The number of aromatic hydroxyl groups is 1. The average Bonchev–Trinajstić information content (AvgIpc) is 2.65. The fraction of sp³-hybridized carbons (Fsp3) is 0.522. The van der Waals surface area contributed by atoms with E-state index >= 15 is 0 Å². The molecule has 1 aliphatic carbocycles. The van der Waals surface area contributed by atoms with E-state index in [2.05, 4.69) is 11.3 Å². The Morgan fingerprint density at radius 3 is 2.77 bits per heavy atom. The van der Waals surface area contributed by atoms with Crippen LogP contribution in [0.4, 0.5) is 13.2 Å². The number of aryl methyl sites for hydroxylation is 1. The maximum atomic E-state index is 12.6. The Kier molecular flexibility index (Phi) is 6.48. The number of phenols is 1. The van der Waals surface area contributed by atoms with Crippen molar-refractivity contribution in [1.82, 2.24) is 0 Å². The van der Waals surface area contributed by atoms with Crippen molar-refractivity contribution in [2.45, 2.75) is 64.5 Å². The number of ether oxygens (including phenoxy) is 2. The number of alkyl halides is 3. The van der Waals surface area contributed by atoms with Gasteiger partial charge in [-0.25, -0.2) is 4.79 Å². The molecule has 0 spiro atoms. The van der Waals surface area contributed by atoms with Gasteiger partial charge in [-0.3, -0.25) is 0 Å². The van der Waals surface area contributed by atoms with E-state index in [1.807, 2.05) is 19.9 Å². The second kappa shape index (κ2) is 8.74. The number of benzene rings is 1. The van der Waals surface area contributed by atoms with Gasteiger partial charge in [-0.1, -0.05) is 38.0 Å². The van der Waals surface area contributed by atoms with Crippen LogP contribution in [-0.4, -0.2) is 23.9 Å². The molecular weight excluding hydrogens is 397 g/mol. The first-order valence-electron chi connectivity index (χ1n) is 10.3. The Morgan fingerprint density at radius 1 is 1.37 bits per heavy atom. The monoisotopic (exact) mass is 424 g/mol. The predicted molar refractivity (Wildman–Crippen MR) is 107 cm³/mol. The number of esters is 1. The fourth-order valence-corrected chi connectivity index (χ4v) is 4.26. The SMILES string of the molecule is C=C1Oc2cc(CCCCC)c(C(=O)OCC(F)(F)F)c(O)c2C2C=C(C)CCC12. The molecule has 4 nitrogen and oxygen atoms in total. The van der Waals surface area contributed by atoms with E-state index < -0.39 is 18.8 Å². The van der Waals surface area contributed by atoms with Gasteiger partial charge in [0.25, 0.3) is 0 Å².